The van der Waals surface area contributed by atoms with E-state index in [-0.39, 0.29) is 11.9 Å². The summed E-state index contributed by atoms with van der Waals surface area (Å²) in [7, 11) is 0. The number of carbonyl (C=O) groups excluding carboxylic acids is 1. The van der Waals surface area contributed by atoms with Crippen molar-refractivity contribution in [1.82, 2.24) is 4.90 Å². The van der Waals surface area contributed by atoms with E-state index in [2.05, 4.69) is 0 Å². The molecule has 132 valence electrons. The molecule has 0 radical (unpaired) electrons. The first-order valence-electron chi connectivity index (χ1n) is 8.18. The Morgan fingerprint density at radius 3 is 2.20 bits per heavy atom. The molecule has 6 heteroatoms. The summed E-state index contributed by atoms with van der Waals surface area (Å²) in [4.78, 5) is 14.6. The van der Waals surface area contributed by atoms with E-state index in [1.807, 2.05) is 0 Å². The maximum Gasteiger partial charge on any atom is 0.416 e. The average Bonchev–Trinajstić information content (AvgIpc) is 2.61. The summed E-state index contributed by atoms with van der Waals surface area (Å²) in [5.41, 5.74) is 6.89. The van der Waals surface area contributed by atoms with E-state index in [0.717, 1.165) is 25.0 Å². The van der Waals surface area contributed by atoms with Crippen molar-refractivity contribution < 1.29 is 18.0 Å². The molecule has 1 heterocycles. The molecule has 1 aliphatic heterocycles. The zero-order valence-electron chi connectivity index (χ0n) is 13.6. The molecule has 3 nitrogen and oxygen atoms in total. The minimum Gasteiger partial charge on any atom is -0.339 e. The summed E-state index contributed by atoms with van der Waals surface area (Å²) >= 11 is 0. The second-order valence-corrected chi connectivity index (χ2v) is 6.25. The molecule has 3 rings (SSSR count). The highest BCUT2D eigenvalue weighted by molar-refractivity contribution is 6.01. The molecule has 0 spiro atoms. The average molecular weight is 348 g/mol. The SMILES string of the molecule is NC1CCN(C(=O)c2ccccc2-c2ccc(C(F)(F)F)cc2)CC1. The zero-order chi connectivity index (χ0) is 18.0. The lowest BCUT2D eigenvalue weighted by atomic mass is 9.97. The molecule has 2 aromatic carbocycles. The van der Waals surface area contributed by atoms with Gasteiger partial charge in [0.05, 0.1) is 5.56 Å². The molecule has 0 aromatic heterocycles. The summed E-state index contributed by atoms with van der Waals surface area (Å²) in [6.45, 7) is 1.20. The molecule has 1 amide bonds. The lowest BCUT2D eigenvalue weighted by Gasteiger charge is -2.30. The van der Waals surface area contributed by atoms with Gasteiger partial charge >= 0.3 is 6.18 Å². The summed E-state index contributed by atoms with van der Waals surface area (Å²) in [6.07, 6.45) is -2.86. The molecular formula is C19H19F3N2O. The van der Waals surface area contributed by atoms with Gasteiger partial charge in [0, 0.05) is 24.7 Å². The second-order valence-electron chi connectivity index (χ2n) is 6.25. The van der Waals surface area contributed by atoms with Crippen molar-refractivity contribution >= 4 is 5.91 Å². The first-order chi connectivity index (χ1) is 11.9. The summed E-state index contributed by atoms with van der Waals surface area (Å²) < 4.78 is 38.2. The molecule has 0 bridgehead atoms. The number of likely N-dealkylation sites (tertiary alicyclic amines) is 1. The number of benzene rings is 2. The molecule has 0 atom stereocenters. The van der Waals surface area contributed by atoms with E-state index in [4.69, 9.17) is 5.73 Å². The van der Waals surface area contributed by atoms with E-state index in [9.17, 15) is 18.0 Å². The van der Waals surface area contributed by atoms with Gasteiger partial charge in [0.1, 0.15) is 0 Å². The highest BCUT2D eigenvalue weighted by atomic mass is 19.4. The Balaban J connectivity index is 1.89. The predicted molar refractivity (Wildman–Crippen MR) is 90.0 cm³/mol. The number of amides is 1. The van der Waals surface area contributed by atoms with E-state index in [0.29, 0.717) is 29.8 Å². The molecule has 1 fully saturated rings. The van der Waals surface area contributed by atoms with Gasteiger partial charge in [0.2, 0.25) is 0 Å². The number of nitrogens with two attached hydrogens (primary N) is 1. The largest absolute Gasteiger partial charge is 0.416 e. The predicted octanol–water partition coefficient (Wildman–Crippen LogP) is 3.94. The van der Waals surface area contributed by atoms with Gasteiger partial charge in [-0.15, -0.1) is 0 Å². The number of hydrogen-bond donors (Lipinski definition) is 1. The van der Waals surface area contributed by atoms with Gasteiger partial charge in [0.15, 0.2) is 0 Å². The molecule has 1 aliphatic rings. The lowest BCUT2D eigenvalue weighted by molar-refractivity contribution is -0.137. The van der Waals surface area contributed by atoms with Crippen LogP contribution in [0, 0.1) is 0 Å². The van der Waals surface area contributed by atoms with Crippen molar-refractivity contribution in [1.29, 1.82) is 0 Å². The summed E-state index contributed by atoms with van der Waals surface area (Å²) in [5.74, 6) is -0.109. The Hall–Kier alpha value is -2.34. The van der Waals surface area contributed by atoms with Crippen molar-refractivity contribution in [3.8, 4) is 11.1 Å². The van der Waals surface area contributed by atoms with Crippen molar-refractivity contribution in [3.63, 3.8) is 0 Å². The van der Waals surface area contributed by atoms with Crippen LogP contribution in [0.25, 0.3) is 11.1 Å². The third-order valence-electron chi connectivity index (χ3n) is 4.51. The van der Waals surface area contributed by atoms with Crippen LogP contribution in [-0.2, 0) is 6.18 Å². The van der Waals surface area contributed by atoms with Crippen LogP contribution in [0.5, 0.6) is 0 Å². The maximum atomic E-state index is 12.8. The Morgan fingerprint density at radius 1 is 1.00 bits per heavy atom. The van der Waals surface area contributed by atoms with Crippen LogP contribution in [0.3, 0.4) is 0 Å². The monoisotopic (exact) mass is 348 g/mol. The minimum absolute atomic E-state index is 0.109. The van der Waals surface area contributed by atoms with Crippen molar-refractivity contribution in [2.45, 2.75) is 25.1 Å². The number of nitrogens with zero attached hydrogens (tertiary/aromatic N) is 1. The van der Waals surface area contributed by atoms with Crippen molar-refractivity contribution in [2.24, 2.45) is 5.73 Å². The van der Waals surface area contributed by atoms with Gasteiger partial charge in [-0.05, 0) is 42.2 Å². The molecule has 2 N–H and O–H groups in total. The van der Waals surface area contributed by atoms with Crippen LogP contribution in [0.2, 0.25) is 0 Å². The minimum atomic E-state index is -4.37. The first kappa shape index (κ1) is 17.5. The van der Waals surface area contributed by atoms with Crippen LogP contribution < -0.4 is 5.73 Å². The van der Waals surface area contributed by atoms with Gasteiger partial charge < -0.3 is 10.6 Å². The van der Waals surface area contributed by atoms with Gasteiger partial charge in [-0.25, -0.2) is 0 Å². The molecule has 0 aliphatic carbocycles. The van der Waals surface area contributed by atoms with Gasteiger partial charge in [0.25, 0.3) is 5.91 Å². The molecule has 1 saturated heterocycles. The standard InChI is InChI=1S/C19H19F3N2O/c20-19(21,22)14-7-5-13(6-8-14)16-3-1-2-4-17(16)18(25)24-11-9-15(23)10-12-24/h1-8,15H,9-12,23H2. The van der Waals surface area contributed by atoms with E-state index < -0.39 is 11.7 Å². The first-order valence-corrected chi connectivity index (χ1v) is 8.18. The Morgan fingerprint density at radius 2 is 1.60 bits per heavy atom. The summed E-state index contributed by atoms with van der Waals surface area (Å²) in [6, 6.07) is 12.0. The highest BCUT2D eigenvalue weighted by Crippen LogP contribution is 2.32. The lowest BCUT2D eigenvalue weighted by Crippen LogP contribution is -2.43. The quantitative estimate of drug-likeness (QED) is 0.894. The smallest absolute Gasteiger partial charge is 0.339 e. The molecule has 0 saturated carbocycles. The Labute approximate surface area is 144 Å². The fourth-order valence-corrected chi connectivity index (χ4v) is 3.03. The van der Waals surface area contributed by atoms with E-state index in [1.165, 1.54) is 12.1 Å². The second kappa shape index (κ2) is 6.88. The number of rotatable bonds is 2. The van der Waals surface area contributed by atoms with E-state index >= 15 is 0 Å². The number of alkyl halides is 3. The third-order valence-corrected chi connectivity index (χ3v) is 4.51. The van der Waals surface area contributed by atoms with Crippen LogP contribution in [0.15, 0.2) is 48.5 Å². The highest BCUT2D eigenvalue weighted by Gasteiger charge is 2.30. The van der Waals surface area contributed by atoms with Gasteiger partial charge in [-0.3, -0.25) is 4.79 Å². The van der Waals surface area contributed by atoms with Crippen LogP contribution >= 0.6 is 0 Å². The summed E-state index contributed by atoms with van der Waals surface area (Å²) in [5, 5.41) is 0. The zero-order valence-corrected chi connectivity index (χ0v) is 13.6. The number of hydrogen-bond acceptors (Lipinski definition) is 2. The topological polar surface area (TPSA) is 46.3 Å². The maximum absolute atomic E-state index is 12.8. The van der Waals surface area contributed by atoms with Gasteiger partial charge in [-0.1, -0.05) is 30.3 Å². The van der Waals surface area contributed by atoms with Gasteiger partial charge in [-0.2, -0.15) is 13.2 Å². The van der Waals surface area contributed by atoms with E-state index in [1.54, 1.807) is 29.2 Å². The third kappa shape index (κ3) is 3.85. The molecule has 2 aromatic rings. The van der Waals surface area contributed by atoms with Crippen LogP contribution in [0.1, 0.15) is 28.8 Å². The number of piperidine rings is 1. The molecular weight excluding hydrogens is 329 g/mol. The van der Waals surface area contributed by atoms with Crippen LogP contribution in [-0.4, -0.2) is 29.9 Å². The Kier molecular flexibility index (Phi) is 4.81. The van der Waals surface area contributed by atoms with Crippen molar-refractivity contribution in [2.75, 3.05) is 13.1 Å². The number of carbonyl (C=O) groups is 1. The fraction of sp³-hybridized carbons (Fsp3) is 0.316. The normalized spacial score (nSPS) is 16.1. The molecule has 25 heavy (non-hydrogen) atoms. The molecule has 0 unspecified atom stereocenters. The number of halogens is 3. The Bertz CT molecular complexity index is 748. The van der Waals surface area contributed by atoms with Crippen molar-refractivity contribution in [3.05, 3.63) is 59.7 Å². The fourth-order valence-electron chi connectivity index (χ4n) is 3.03. The van der Waals surface area contributed by atoms with Crippen LogP contribution in [0.4, 0.5) is 13.2 Å².